The monoisotopic (exact) mass is 785 g/mol. The molecule has 1 unspecified atom stereocenters. The maximum absolute atomic E-state index is 13.7. The first-order chi connectivity index (χ1) is 26.8. The number of hydrogen-bond donors (Lipinski definition) is 5. The van der Waals surface area contributed by atoms with E-state index in [1.54, 1.807) is 33.9 Å². The van der Waals surface area contributed by atoms with Gasteiger partial charge in [-0.2, -0.15) is 10.1 Å². The van der Waals surface area contributed by atoms with Crippen LogP contribution in [0.3, 0.4) is 0 Å². The average Bonchev–Trinajstić information content (AvgIpc) is 3.60. The molecule has 56 heavy (non-hydrogen) atoms. The van der Waals surface area contributed by atoms with Crippen LogP contribution in [0.4, 0.5) is 23.1 Å². The molecule has 3 fully saturated rings. The summed E-state index contributed by atoms with van der Waals surface area (Å²) in [7, 11) is 1.87. The number of likely N-dealkylation sites (tertiary alicyclic amines) is 1. The van der Waals surface area contributed by atoms with E-state index in [4.69, 9.17) is 16.6 Å². The van der Waals surface area contributed by atoms with Crippen molar-refractivity contribution < 1.29 is 19.8 Å². The van der Waals surface area contributed by atoms with Crippen molar-refractivity contribution in [3.05, 3.63) is 63.8 Å². The van der Waals surface area contributed by atoms with Crippen molar-refractivity contribution in [2.45, 2.75) is 82.7 Å². The second-order valence-electron chi connectivity index (χ2n) is 15.9. The Hall–Kier alpha value is -5.03. The number of aryl methyl sites for hydroxylation is 2. The molecule has 3 saturated heterocycles. The fourth-order valence-corrected chi connectivity index (χ4v) is 8.10. The number of amides is 2. The molecule has 0 bridgehead atoms. The predicted octanol–water partition coefficient (Wildman–Crippen LogP) is 3.32. The molecule has 3 aliphatic rings. The standard InChI is InChI=1S/C39H48ClN11O5/c1-39(2,56)12-15-50-32-19-25(5-8-30(32)51(38(50)55)17-16-48-21-26(52)22-48)43-35-29(40)20-41-37(45-35)49-13-10-23(11-14-49)42-24-4-6-27-31(18-24)47(3)46-34(27)28-7-9-33(53)44-36(28)54/h4-6,8,18-20,23,26,28,42,52,56H,7,9-17,21-22H2,1-3H3,(H,41,43,45)(H,44,53,54). The smallest absolute Gasteiger partial charge is 0.329 e. The normalized spacial score (nSPS) is 18.8. The molecule has 8 rings (SSSR count). The molecule has 3 aromatic heterocycles. The van der Waals surface area contributed by atoms with Crippen LogP contribution in [0, 0.1) is 0 Å². The number of imidazole rings is 1. The van der Waals surface area contributed by atoms with Gasteiger partial charge in [0.05, 0.1) is 46.1 Å². The Morgan fingerprint density at radius 3 is 2.41 bits per heavy atom. The second-order valence-corrected chi connectivity index (χ2v) is 16.3. The highest BCUT2D eigenvalue weighted by molar-refractivity contribution is 6.33. The summed E-state index contributed by atoms with van der Waals surface area (Å²) in [5.74, 6) is 0.0446. The van der Waals surface area contributed by atoms with Gasteiger partial charge >= 0.3 is 5.69 Å². The van der Waals surface area contributed by atoms with E-state index in [-0.39, 0.29) is 29.6 Å². The molecular weight excluding hydrogens is 738 g/mol. The van der Waals surface area contributed by atoms with E-state index < -0.39 is 11.5 Å². The highest BCUT2D eigenvalue weighted by Gasteiger charge is 2.32. The van der Waals surface area contributed by atoms with Crippen molar-refractivity contribution in [1.82, 2.24) is 39.1 Å². The van der Waals surface area contributed by atoms with Gasteiger partial charge in [-0.05, 0) is 75.9 Å². The van der Waals surface area contributed by atoms with Gasteiger partial charge in [0.15, 0.2) is 5.82 Å². The zero-order valence-corrected chi connectivity index (χ0v) is 32.6. The van der Waals surface area contributed by atoms with Crippen molar-refractivity contribution in [3.63, 3.8) is 0 Å². The van der Waals surface area contributed by atoms with Crippen LogP contribution >= 0.6 is 11.6 Å². The zero-order valence-electron chi connectivity index (χ0n) is 31.8. The van der Waals surface area contributed by atoms with Gasteiger partial charge < -0.3 is 25.7 Å². The molecule has 3 aliphatic heterocycles. The summed E-state index contributed by atoms with van der Waals surface area (Å²) in [5, 5.41) is 35.6. The van der Waals surface area contributed by atoms with E-state index in [1.807, 2.05) is 37.4 Å². The van der Waals surface area contributed by atoms with Crippen molar-refractivity contribution >= 4 is 68.5 Å². The molecule has 0 radical (unpaired) electrons. The number of aliphatic hydroxyl groups is 2. The number of carbonyl (C=O) groups is 2. The Bertz CT molecular complexity index is 2350. The van der Waals surface area contributed by atoms with Gasteiger partial charge in [-0.3, -0.25) is 33.6 Å². The molecule has 5 N–H and O–H groups in total. The highest BCUT2D eigenvalue weighted by atomic mass is 35.5. The molecule has 0 saturated carbocycles. The fraction of sp³-hybridized carbons (Fsp3) is 0.487. The van der Waals surface area contributed by atoms with E-state index >= 15 is 0 Å². The number of nitrogens with one attached hydrogen (secondary N) is 3. The lowest BCUT2D eigenvalue weighted by molar-refractivity contribution is -0.134. The van der Waals surface area contributed by atoms with Gasteiger partial charge in [0.25, 0.3) is 0 Å². The summed E-state index contributed by atoms with van der Waals surface area (Å²) >= 11 is 6.62. The summed E-state index contributed by atoms with van der Waals surface area (Å²) in [6.07, 6.45) is 4.17. The molecule has 0 aliphatic carbocycles. The number of nitrogens with zero attached hydrogens (tertiary/aromatic N) is 8. The molecule has 5 aromatic rings. The average molecular weight is 786 g/mol. The number of hydrogen-bond acceptors (Lipinski definition) is 12. The minimum Gasteiger partial charge on any atom is -0.390 e. The number of carbonyl (C=O) groups excluding carboxylic acids is 2. The van der Waals surface area contributed by atoms with Gasteiger partial charge in [-0.15, -0.1) is 0 Å². The van der Waals surface area contributed by atoms with Gasteiger partial charge in [0, 0.05) is 82.1 Å². The third-order valence-corrected chi connectivity index (χ3v) is 11.4. The lowest BCUT2D eigenvalue weighted by Crippen LogP contribution is -2.51. The minimum absolute atomic E-state index is 0.140. The first-order valence-corrected chi connectivity index (χ1v) is 19.6. The maximum Gasteiger partial charge on any atom is 0.329 e. The summed E-state index contributed by atoms with van der Waals surface area (Å²) in [6.45, 7) is 7.65. The van der Waals surface area contributed by atoms with Gasteiger partial charge in [-0.1, -0.05) is 11.6 Å². The summed E-state index contributed by atoms with van der Waals surface area (Å²) in [4.78, 5) is 51.6. The molecule has 296 valence electrons. The number of β-amino-alcohol motifs (C(OH)–C–C–N with tert-alkyl or cyclic N) is 1. The van der Waals surface area contributed by atoms with Crippen LogP contribution in [-0.2, 0) is 29.7 Å². The van der Waals surface area contributed by atoms with E-state index in [1.165, 1.54) is 0 Å². The van der Waals surface area contributed by atoms with Crippen LogP contribution in [0.2, 0.25) is 5.02 Å². The van der Waals surface area contributed by atoms with Gasteiger partial charge in [-0.25, -0.2) is 9.78 Å². The zero-order chi connectivity index (χ0) is 39.3. The molecule has 6 heterocycles. The fourth-order valence-electron chi connectivity index (χ4n) is 7.96. The molecule has 16 nitrogen and oxygen atoms in total. The summed E-state index contributed by atoms with van der Waals surface area (Å²) in [6, 6.07) is 12.0. The number of fused-ring (bicyclic) bond motifs is 2. The third kappa shape index (κ3) is 7.83. The second kappa shape index (κ2) is 15.1. The number of halogens is 1. The van der Waals surface area contributed by atoms with E-state index in [0.29, 0.717) is 80.2 Å². The van der Waals surface area contributed by atoms with Gasteiger partial charge in [0.1, 0.15) is 5.02 Å². The first kappa shape index (κ1) is 37.9. The van der Waals surface area contributed by atoms with Crippen molar-refractivity contribution in [2.24, 2.45) is 7.05 Å². The minimum atomic E-state index is -0.938. The van der Waals surface area contributed by atoms with Crippen LogP contribution in [0.25, 0.3) is 21.9 Å². The van der Waals surface area contributed by atoms with Crippen LogP contribution < -0.4 is 26.5 Å². The van der Waals surface area contributed by atoms with E-state index in [0.717, 1.165) is 53.6 Å². The Morgan fingerprint density at radius 1 is 0.946 bits per heavy atom. The van der Waals surface area contributed by atoms with Crippen LogP contribution in [0.5, 0.6) is 0 Å². The molecule has 2 amide bonds. The van der Waals surface area contributed by atoms with Crippen molar-refractivity contribution in [2.75, 3.05) is 48.3 Å². The Kier molecular flexibility index (Phi) is 10.2. The lowest BCUT2D eigenvalue weighted by Gasteiger charge is -2.35. The lowest BCUT2D eigenvalue weighted by atomic mass is 9.93. The SMILES string of the molecule is Cn1nc(C2CCC(=O)NC2=O)c2ccc(NC3CCN(c4ncc(Cl)c(Nc5ccc6c(c5)n(CCC(C)(C)O)c(=O)n6CCN5CC(O)C5)n4)CC3)cc21. The summed E-state index contributed by atoms with van der Waals surface area (Å²) < 4.78 is 5.27. The maximum atomic E-state index is 13.7. The van der Waals surface area contributed by atoms with Crippen LogP contribution in [-0.4, -0.2) is 106 Å². The number of aromatic nitrogens is 6. The number of imide groups is 1. The predicted molar refractivity (Wildman–Crippen MR) is 215 cm³/mol. The van der Waals surface area contributed by atoms with Crippen LogP contribution in [0.1, 0.15) is 57.6 Å². The van der Waals surface area contributed by atoms with E-state index in [2.05, 4.69) is 41.9 Å². The Morgan fingerprint density at radius 2 is 1.68 bits per heavy atom. The highest BCUT2D eigenvalue weighted by Crippen LogP contribution is 2.33. The van der Waals surface area contributed by atoms with Crippen molar-refractivity contribution in [1.29, 1.82) is 0 Å². The number of anilines is 4. The third-order valence-electron chi connectivity index (χ3n) is 11.1. The van der Waals surface area contributed by atoms with Crippen molar-refractivity contribution in [3.8, 4) is 0 Å². The molecule has 0 spiro atoms. The largest absolute Gasteiger partial charge is 0.390 e. The Labute approximate surface area is 328 Å². The van der Waals surface area contributed by atoms with Crippen LogP contribution in [0.15, 0.2) is 47.4 Å². The number of aliphatic hydroxyl groups excluding tert-OH is 1. The first-order valence-electron chi connectivity index (χ1n) is 19.3. The molecule has 1 atom stereocenters. The Balaban J connectivity index is 0.939. The topological polar surface area (TPSA) is 188 Å². The number of rotatable bonds is 12. The number of piperidine rings is 2. The molecular formula is C39H48ClN11O5. The van der Waals surface area contributed by atoms with Gasteiger partial charge in [0.2, 0.25) is 17.8 Å². The molecule has 2 aromatic carbocycles. The number of benzene rings is 2. The quantitative estimate of drug-likeness (QED) is 0.116. The summed E-state index contributed by atoms with van der Waals surface area (Å²) in [5.41, 5.74) is 3.75. The van der Waals surface area contributed by atoms with E-state index in [9.17, 15) is 24.6 Å². The molecule has 17 heteroatoms.